The molecule has 0 saturated carbocycles. The number of carbonyl (C=O) groups is 1. The maximum atomic E-state index is 12.1. The Morgan fingerprint density at radius 1 is 1.04 bits per heavy atom. The van der Waals surface area contributed by atoms with Gasteiger partial charge in [0.1, 0.15) is 6.54 Å². The molecule has 0 spiro atoms. The van der Waals surface area contributed by atoms with Crippen molar-refractivity contribution >= 4 is 27.8 Å². The normalized spacial score (nSPS) is 11.5. The van der Waals surface area contributed by atoms with Crippen LogP contribution < -0.4 is 9.73 Å². The van der Waals surface area contributed by atoms with Crippen LogP contribution in [0.5, 0.6) is 0 Å². The van der Waals surface area contributed by atoms with Crippen molar-refractivity contribution in [2.24, 2.45) is 5.10 Å². The molecule has 1 amide bonds. The van der Waals surface area contributed by atoms with Crippen molar-refractivity contribution in [1.82, 2.24) is 5.43 Å². The number of hydrazone groups is 1. The monoisotopic (exact) mass is 359 g/mol. The fraction of sp³-hybridized carbons (Fsp3) is 0.222. The number of rotatable bonds is 6. The molecule has 0 radical (unpaired) electrons. The lowest BCUT2D eigenvalue weighted by molar-refractivity contribution is -0.119. The maximum absolute atomic E-state index is 12.1. The Kier molecular flexibility index (Phi) is 5.93. The molecule has 0 aliphatic rings. The molecule has 6 nitrogen and oxygen atoms in total. The predicted octanol–water partition coefficient (Wildman–Crippen LogP) is 2.22. The first-order valence-electron chi connectivity index (χ1n) is 7.68. The van der Waals surface area contributed by atoms with Gasteiger partial charge < -0.3 is 0 Å². The number of benzene rings is 2. The van der Waals surface area contributed by atoms with E-state index in [4.69, 9.17) is 0 Å². The molecule has 0 bridgehead atoms. The number of amides is 1. The van der Waals surface area contributed by atoms with Crippen LogP contribution in [0.4, 0.5) is 5.69 Å². The Bertz CT molecular complexity index is 857. The van der Waals surface area contributed by atoms with Gasteiger partial charge in [-0.05, 0) is 31.5 Å². The summed E-state index contributed by atoms with van der Waals surface area (Å²) in [5, 5.41) is 3.87. The first-order chi connectivity index (χ1) is 11.8. The van der Waals surface area contributed by atoms with Crippen LogP contribution in [0.15, 0.2) is 53.6 Å². The molecular weight excluding hydrogens is 338 g/mol. The molecule has 25 heavy (non-hydrogen) atoms. The lowest BCUT2D eigenvalue weighted by Gasteiger charge is -2.21. The highest BCUT2D eigenvalue weighted by Crippen LogP contribution is 2.17. The predicted molar refractivity (Wildman–Crippen MR) is 100 cm³/mol. The molecule has 0 unspecified atom stereocenters. The van der Waals surface area contributed by atoms with Crippen LogP contribution in [0.25, 0.3) is 0 Å². The molecule has 0 aromatic heterocycles. The highest BCUT2D eigenvalue weighted by Gasteiger charge is 2.20. The number of anilines is 1. The van der Waals surface area contributed by atoms with Gasteiger partial charge in [-0.25, -0.2) is 13.8 Å². The molecule has 7 heteroatoms. The molecule has 0 fully saturated rings. The number of carbonyl (C=O) groups excluding carboxylic acids is 1. The lowest BCUT2D eigenvalue weighted by Crippen LogP contribution is -2.39. The molecule has 0 aliphatic carbocycles. The van der Waals surface area contributed by atoms with Gasteiger partial charge in [-0.1, -0.05) is 47.5 Å². The van der Waals surface area contributed by atoms with Crippen molar-refractivity contribution in [3.8, 4) is 0 Å². The number of aryl methyl sites for hydroxylation is 2. The Morgan fingerprint density at radius 2 is 1.56 bits per heavy atom. The van der Waals surface area contributed by atoms with Crippen LogP contribution in [0.3, 0.4) is 0 Å². The third-order valence-corrected chi connectivity index (χ3v) is 4.63. The van der Waals surface area contributed by atoms with Gasteiger partial charge >= 0.3 is 0 Å². The number of nitrogens with zero attached hydrogens (tertiary/aromatic N) is 2. The standard InChI is InChI=1S/C18H21N3O3S/c1-14-4-8-16(9-5-14)12-19-20-18(22)13-21(25(3,23)24)17-10-6-15(2)7-11-17/h4-12H,13H2,1-3H3,(H,20,22)/b19-12-. The molecule has 2 aromatic rings. The van der Waals surface area contributed by atoms with Crippen LogP contribution >= 0.6 is 0 Å². The zero-order chi connectivity index (χ0) is 18.4. The van der Waals surface area contributed by atoms with Crippen LogP contribution in [-0.2, 0) is 14.8 Å². The molecule has 1 N–H and O–H groups in total. The minimum absolute atomic E-state index is 0.340. The van der Waals surface area contributed by atoms with Gasteiger partial charge in [0.15, 0.2) is 0 Å². The molecule has 0 heterocycles. The van der Waals surface area contributed by atoms with E-state index in [-0.39, 0.29) is 6.54 Å². The van der Waals surface area contributed by atoms with Crippen LogP contribution in [-0.4, -0.2) is 33.3 Å². The summed E-state index contributed by atoms with van der Waals surface area (Å²) in [6.45, 7) is 3.54. The van der Waals surface area contributed by atoms with Gasteiger partial charge in [-0.2, -0.15) is 5.10 Å². The smallest absolute Gasteiger partial charge is 0.260 e. The number of hydrogen-bond acceptors (Lipinski definition) is 4. The Hall–Kier alpha value is -2.67. The fourth-order valence-electron chi connectivity index (χ4n) is 2.11. The third kappa shape index (κ3) is 5.72. The van der Waals surface area contributed by atoms with E-state index >= 15 is 0 Å². The second kappa shape index (κ2) is 7.94. The molecule has 132 valence electrons. The van der Waals surface area contributed by atoms with Crippen LogP contribution in [0.2, 0.25) is 0 Å². The Morgan fingerprint density at radius 3 is 2.08 bits per heavy atom. The Balaban J connectivity index is 2.04. The summed E-state index contributed by atoms with van der Waals surface area (Å²) in [7, 11) is -3.59. The minimum atomic E-state index is -3.59. The molecule has 0 saturated heterocycles. The summed E-state index contributed by atoms with van der Waals surface area (Å²) in [4.78, 5) is 12.1. The summed E-state index contributed by atoms with van der Waals surface area (Å²) < 4.78 is 25.0. The minimum Gasteiger partial charge on any atom is -0.271 e. The van der Waals surface area contributed by atoms with Gasteiger partial charge in [0.2, 0.25) is 10.0 Å². The van der Waals surface area contributed by atoms with E-state index in [0.717, 1.165) is 27.3 Å². The van der Waals surface area contributed by atoms with Crippen molar-refractivity contribution < 1.29 is 13.2 Å². The second-order valence-corrected chi connectivity index (χ2v) is 7.72. The number of hydrogen-bond donors (Lipinski definition) is 1. The zero-order valence-corrected chi connectivity index (χ0v) is 15.2. The quantitative estimate of drug-likeness (QED) is 0.634. The SMILES string of the molecule is Cc1ccc(/C=N\NC(=O)CN(c2ccc(C)cc2)S(C)(=O)=O)cc1. The summed E-state index contributed by atoms with van der Waals surface area (Å²) in [5.41, 5.74) is 5.76. The van der Waals surface area contributed by atoms with E-state index < -0.39 is 15.9 Å². The van der Waals surface area contributed by atoms with Crippen LogP contribution in [0, 0.1) is 13.8 Å². The van der Waals surface area contributed by atoms with Crippen molar-refractivity contribution in [1.29, 1.82) is 0 Å². The Labute approximate surface area is 148 Å². The van der Waals surface area contributed by atoms with Gasteiger partial charge in [-0.3, -0.25) is 9.10 Å². The van der Waals surface area contributed by atoms with Gasteiger partial charge in [0.05, 0.1) is 18.2 Å². The van der Waals surface area contributed by atoms with Gasteiger partial charge in [-0.15, -0.1) is 0 Å². The van der Waals surface area contributed by atoms with E-state index in [1.165, 1.54) is 6.21 Å². The highest BCUT2D eigenvalue weighted by molar-refractivity contribution is 7.92. The van der Waals surface area contributed by atoms with Crippen molar-refractivity contribution in [3.63, 3.8) is 0 Å². The van der Waals surface area contributed by atoms with Crippen molar-refractivity contribution in [2.45, 2.75) is 13.8 Å². The highest BCUT2D eigenvalue weighted by atomic mass is 32.2. The zero-order valence-electron chi connectivity index (χ0n) is 14.4. The molecule has 0 atom stereocenters. The first-order valence-corrected chi connectivity index (χ1v) is 9.53. The summed E-state index contributed by atoms with van der Waals surface area (Å²) >= 11 is 0. The first kappa shape index (κ1) is 18.7. The van der Waals surface area contributed by atoms with Gasteiger partial charge in [0.25, 0.3) is 5.91 Å². The van der Waals surface area contributed by atoms with Crippen molar-refractivity contribution in [3.05, 3.63) is 65.2 Å². The summed E-state index contributed by atoms with van der Waals surface area (Å²) in [6.07, 6.45) is 2.57. The third-order valence-electron chi connectivity index (χ3n) is 3.49. The maximum Gasteiger partial charge on any atom is 0.260 e. The lowest BCUT2D eigenvalue weighted by atomic mass is 10.2. The average molecular weight is 359 g/mol. The number of sulfonamides is 1. The molecule has 2 aromatic carbocycles. The van der Waals surface area contributed by atoms with Crippen molar-refractivity contribution in [2.75, 3.05) is 17.1 Å². The van der Waals surface area contributed by atoms with Gasteiger partial charge in [0, 0.05) is 0 Å². The molecular formula is C18H21N3O3S. The summed E-state index contributed by atoms with van der Waals surface area (Å²) in [6, 6.07) is 14.5. The second-order valence-electron chi connectivity index (χ2n) is 5.81. The van der Waals surface area contributed by atoms with Crippen LogP contribution in [0.1, 0.15) is 16.7 Å². The van der Waals surface area contributed by atoms with E-state index in [2.05, 4.69) is 10.5 Å². The largest absolute Gasteiger partial charge is 0.271 e. The average Bonchev–Trinajstić information content (AvgIpc) is 2.54. The van der Waals surface area contributed by atoms with E-state index in [1.54, 1.807) is 24.3 Å². The molecule has 2 rings (SSSR count). The van der Waals surface area contributed by atoms with E-state index in [9.17, 15) is 13.2 Å². The van der Waals surface area contributed by atoms with E-state index in [1.807, 2.05) is 38.1 Å². The van der Waals surface area contributed by atoms with E-state index in [0.29, 0.717) is 5.69 Å². The summed E-state index contributed by atoms with van der Waals surface area (Å²) in [5.74, 6) is -0.519. The fourth-order valence-corrected chi connectivity index (χ4v) is 2.96. The molecule has 0 aliphatic heterocycles. The number of nitrogens with one attached hydrogen (secondary N) is 1. The topological polar surface area (TPSA) is 78.8 Å².